The van der Waals surface area contributed by atoms with Gasteiger partial charge in [-0.05, 0) is 12.1 Å². The van der Waals surface area contributed by atoms with Crippen molar-refractivity contribution in [3.63, 3.8) is 0 Å². The molecule has 21 heavy (non-hydrogen) atoms. The van der Waals surface area contributed by atoms with Crippen molar-refractivity contribution in [3.05, 3.63) is 29.1 Å². The lowest BCUT2D eigenvalue weighted by Gasteiger charge is -2.15. The predicted molar refractivity (Wildman–Crippen MR) is 51.1 cm³/mol. The maximum absolute atomic E-state index is 12.8. The summed E-state index contributed by atoms with van der Waals surface area (Å²) in [4.78, 5) is 4.15. The molecule has 1 N–H and O–H groups in total. The van der Waals surface area contributed by atoms with E-state index in [4.69, 9.17) is 0 Å². The number of rotatable bonds is 0. The Hall–Kier alpha value is -1.94. The third kappa shape index (κ3) is 2.76. The van der Waals surface area contributed by atoms with Crippen LogP contribution in [0.2, 0.25) is 0 Å². The lowest BCUT2D eigenvalue weighted by Crippen LogP contribution is -2.17. The lowest BCUT2D eigenvalue weighted by molar-refractivity contribution is -0.161. The number of H-pyrrole nitrogens is 1. The van der Waals surface area contributed by atoms with Crippen LogP contribution < -0.4 is 0 Å². The quantitative estimate of drug-likeness (QED) is 0.705. The summed E-state index contributed by atoms with van der Waals surface area (Å²) in [5.74, 6) is -1.80. The molecule has 0 aliphatic carbocycles. The molecule has 0 saturated carbocycles. The first-order valence-corrected chi connectivity index (χ1v) is 5.06. The number of hydrogen-bond donors (Lipinski definition) is 1. The fourth-order valence-electron chi connectivity index (χ4n) is 1.73. The van der Waals surface area contributed by atoms with Crippen LogP contribution in [0, 0.1) is 0 Å². The van der Waals surface area contributed by atoms with Gasteiger partial charge in [-0.25, -0.2) is 4.98 Å². The third-order valence-electron chi connectivity index (χ3n) is 2.51. The highest BCUT2D eigenvalue weighted by Crippen LogP contribution is 2.44. The highest BCUT2D eigenvalue weighted by molar-refractivity contribution is 5.81. The van der Waals surface area contributed by atoms with Gasteiger partial charge in [0.25, 0.3) is 0 Å². The predicted octanol–water partition coefficient (Wildman–Crippen LogP) is 4.62. The van der Waals surface area contributed by atoms with Crippen molar-refractivity contribution >= 4 is 11.0 Å². The van der Waals surface area contributed by atoms with Gasteiger partial charge in [0.05, 0.1) is 16.6 Å². The Morgan fingerprint density at radius 1 is 0.762 bits per heavy atom. The van der Waals surface area contributed by atoms with Crippen LogP contribution >= 0.6 is 0 Å². The van der Waals surface area contributed by atoms with Crippen LogP contribution in [0.25, 0.3) is 11.0 Å². The van der Waals surface area contributed by atoms with Crippen molar-refractivity contribution in [3.8, 4) is 0 Å². The Morgan fingerprint density at radius 3 is 1.76 bits per heavy atom. The number of imidazole rings is 1. The number of nitrogens with zero attached hydrogens (tertiary/aromatic N) is 1. The second kappa shape index (κ2) is 4.28. The first-order chi connectivity index (χ1) is 9.32. The minimum absolute atomic E-state index is 0.0590. The number of benzene rings is 1. The largest absolute Gasteiger partial charge is 0.449 e. The zero-order chi connectivity index (χ0) is 16.2. The van der Waals surface area contributed by atoms with E-state index in [1.54, 1.807) is 0 Å². The monoisotopic (exact) mass is 322 g/mol. The number of hydrogen-bond acceptors (Lipinski definition) is 1. The number of aromatic nitrogens is 2. The van der Waals surface area contributed by atoms with E-state index in [0.717, 1.165) is 0 Å². The summed E-state index contributed by atoms with van der Waals surface area (Å²) in [7, 11) is 0. The van der Waals surface area contributed by atoms with Gasteiger partial charge in [0.15, 0.2) is 0 Å². The summed E-state index contributed by atoms with van der Waals surface area (Å²) in [5.41, 5.74) is -6.56. The van der Waals surface area contributed by atoms with E-state index in [1.165, 1.54) is 4.98 Å². The molecule has 0 unspecified atom stereocenters. The Labute approximate surface area is 109 Å². The number of halogens is 9. The summed E-state index contributed by atoms with van der Waals surface area (Å²) in [6.45, 7) is 0. The Bertz CT molecular complexity index is 675. The van der Waals surface area contributed by atoms with E-state index in [0.29, 0.717) is 6.07 Å². The van der Waals surface area contributed by atoms with Gasteiger partial charge in [-0.1, -0.05) is 0 Å². The second-order valence-corrected chi connectivity index (χ2v) is 3.96. The summed E-state index contributed by atoms with van der Waals surface area (Å²) in [5, 5.41) is 0. The van der Waals surface area contributed by atoms with Gasteiger partial charge in [0, 0.05) is 0 Å². The molecule has 0 aliphatic heterocycles. The standard InChI is InChI=1S/C10H3F9N2/c11-8(12,13)3-1-2-4-6(5(3)9(14,15)16)21-7(20-4)10(17,18)19/h1-2H,(H,20,21). The van der Waals surface area contributed by atoms with E-state index >= 15 is 0 Å². The normalized spacial score (nSPS) is 14.0. The van der Waals surface area contributed by atoms with Crippen molar-refractivity contribution in [2.45, 2.75) is 18.5 Å². The number of nitrogens with one attached hydrogen (secondary N) is 1. The first kappa shape index (κ1) is 15.4. The third-order valence-corrected chi connectivity index (χ3v) is 2.51. The average molecular weight is 322 g/mol. The van der Waals surface area contributed by atoms with E-state index in [2.05, 4.69) is 4.98 Å². The van der Waals surface area contributed by atoms with E-state index in [9.17, 15) is 39.5 Å². The molecule has 1 aromatic heterocycles. The van der Waals surface area contributed by atoms with Crippen LogP contribution in [0.1, 0.15) is 17.0 Å². The van der Waals surface area contributed by atoms with Crippen LogP contribution in [0.3, 0.4) is 0 Å². The summed E-state index contributed by atoms with van der Waals surface area (Å²) >= 11 is 0. The van der Waals surface area contributed by atoms with Crippen molar-refractivity contribution in [1.82, 2.24) is 9.97 Å². The Kier molecular flexibility index (Phi) is 3.15. The average Bonchev–Trinajstić information content (AvgIpc) is 2.67. The van der Waals surface area contributed by atoms with Gasteiger partial charge < -0.3 is 4.98 Å². The molecule has 0 amide bonds. The molecule has 11 heteroatoms. The molecule has 2 aromatic rings. The number of aromatic amines is 1. The van der Waals surface area contributed by atoms with E-state index in [1.807, 2.05) is 0 Å². The molecular weight excluding hydrogens is 319 g/mol. The second-order valence-electron chi connectivity index (χ2n) is 3.96. The Balaban J connectivity index is 2.86. The van der Waals surface area contributed by atoms with E-state index < -0.39 is 46.5 Å². The van der Waals surface area contributed by atoms with Crippen molar-refractivity contribution < 1.29 is 39.5 Å². The van der Waals surface area contributed by atoms with Crippen LogP contribution in [-0.2, 0) is 18.5 Å². The molecule has 2 rings (SSSR count). The number of fused-ring (bicyclic) bond motifs is 1. The van der Waals surface area contributed by atoms with Gasteiger partial charge in [-0.3, -0.25) is 0 Å². The van der Waals surface area contributed by atoms with E-state index in [-0.39, 0.29) is 6.07 Å². The fourth-order valence-corrected chi connectivity index (χ4v) is 1.73. The van der Waals surface area contributed by atoms with Gasteiger partial charge in [0.1, 0.15) is 5.52 Å². The van der Waals surface area contributed by atoms with Crippen LogP contribution in [-0.4, -0.2) is 9.97 Å². The van der Waals surface area contributed by atoms with Gasteiger partial charge >= 0.3 is 18.5 Å². The first-order valence-electron chi connectivity index (χ1n) is 5.06. The topological polar surface area (TPSA) is 28.7 Å². The summed E-state index contributed by atoms with van der Waals surface area (Å²) in [6, 6.07) is 0.527. The smallest absolute Gasteiger partial charge is 0.334 e. The maximum Gasteiger partial charge on any atom is 0.449 e. The molecule has 1 heterocycles. The highest BCUT2D eigenvalue weighted by Gasteiger charge is 2.46. The molecule has 1 aromatic carbocycles. The maximum atomic E-state index is 12.8. The molecule has 0 radical (unpaired) electrons. The minimum atomic E-state index is -5.51. The van der Waals surface area contributed by atoms with Crippen molar-refractivity contribution in [2.75, 3.05) is 0 Å². The minimum Gasteiger partial charge on any atom is -0.334 e. The molecule has 0 spiro atoms. The lowest BCUT2D eigenvalue weighted by atomic mass is 10.0. The highest BCUT2D eigenvalue weighted by atomic mass is 19.4. The number of alkyl halides is 9. The van der Waals surface area contributed by atoms with Gasteiger partial charge in [-0.15, -0.1) is 0 Å². The van der Waals surface area contributed by atoms with Crippen molar-refractivity contribution in [2.24, 2.45) is 0 Å². The fraction of sp³-hybridized carbons (Fsp3) is 0.300. The molecule has 116 valence electrons. The van der Waals surface area contributed by atoms with Crippen LogP contribution in [0.4, 0.5) is 39.5 Å². The molecule has 0 fully saturated rings. The zero-order valence-corrected chi connectivity index (χ0v) is 9.50. The van der Waals surface area contributed by atoms with Gasteiger partial charge in [-0.2, -0.15) is 39.5 Å². The molecule has 0 saturated heterocycles. The summed E-state index contributed by atoms with van der Waals surface area (Å²) in [6.07, 6.45) is -16.0. The molecular formula is C10H3F9N2. The van der Waals surface area contributed by atoms with Gasteiger partial charge in [0.2, 0.25) is 5.82 Å². The molecule has 0 atom stereocenters. The molecule has 0 bridgehead atoms. The SMILES string of the molecule is FC(F)(F)c1nc2c(C(F)(F)F)c(C(F)(F)F)ccc2[nH]1. The van der Waals surface area contributed by atoms with Crippen LogP contribution in [0.5, 0.6) is 0 Å². The van der Waals surface area contributed by atoms with Crippen LogP contribution in [0.15, 0.2) is 12.1 Å². The van der Waals surface area contributed by atoms with Crippen molar-refractivity contribution in [1.29, 1.82) is 0 Å². The summed E-state index contributed by atoms with van der Waals surface area (Å²) < 4.78 is 113. The molecule has 2 nitrogen and oxygen atoms in total. The Morgan fingerprint density at radius 2 is 1.33 bits per heavy atom. The molecule has 0 aliphatic rings. The zero-order valence-electron chi connectivity index (χ0n) is 9.50.